The van der Waals surface area contributed by atoms with E-state index in [0.717, 1.165) is 0 Å². The fraction of sp³-hybridized carbons (Fsp3) is 0. The Morgan fingerprint density at radius 1 is 1.00 bits per heavy atom. The minimum absolute atomic E-state index is 0. The first-order chi connectivity index (χ1) is 2.00. The molecular weight excluding hydrogens is 52.0 g/mol. The summed E-state index contributed by atoms with van der Waals surface area (Å²) in [5.41, 5.74) is 0. The number of hydrogen-bond acceptors (Lipinski definition) is 2. The highest BCUT2D eigenvalue weighted by Crippen LogP contribution is 0.628. The first kappa shape index (κ1) is 12.2. The van der Waals surface area contributed by atoms with Gasteiger partial charge < -0.3 is 23.7 Å². The van der Waals surface area contributed by atoms with Gasteiger partial charge >= 0.3 is 1.43 Å². The molecule has 0 saturated heterocycles. The number of rotatable bonds is 0. The first-order valence-corrected chi connectivity index (χ1v) is 0.447. The molecule has 0 aromatic carbocycles. The highest BCUT2D eigenvalue weighted by Gasteiger charge is 0.0795. The summed E-state index contributed by atoms with van der Waals surface area (Å²) in [5.74, 6) is 0. The van der Waals surface area contributed by atoms with Crippen molar-refractivity contribution >= 4 is 0 Å². The SMILES string of the molecule is [C-]#N.[C-]#N.[H+]. The lowest BCUT2D eigenvalue weighted by Gasteiger charge is -1.08. The van der Waals surface area contributed by atoms with E-state index in [4.69, 9.17) is 23.7 Å². The quantitative estimate of drug-likeness (QED) is 0.373. The van der Waals surface area contributed by atoms with Gasteiger partial charge in [0, 0.05) is 0 Å². The van der Waals surface area contributed by atoms with E-state index in [0.29, 0.717) is 0 Å². The minimum Gasteiger partial charge on any atom is -0.512 e. The Morgan fingerprint density at radius 2 is 1.00 bits per heavy atom. The minimum atomic E-state index is 0. The molecule has 20 valence electrons. The Kier molecular flexibility index (Phi) is 5.56. The van der Waals surface area contributed by atoms with Gasteiger partial charge in [-0.2, -0.15) is 0 Å². The van der Waals surface area contributed by atoms with Crippen LogP contribution in [-0.4, -0.2) is 0 Å². The van der Waals surface area contributed by atoms with E-state index in [2.05, 4.69) is 0 Å². The molecule has 2 nitrogen and oxygen atoms in total. The summed E-state index contributed by atoms with van der Waals surface area (Å²) in [6.45, 7) is 9.50. The van der Waals surface area contributed by atoms with Crippen molar-refractivity contribution in [1.29, 1.82) is 10.5 Å². The van der Waals surface area contributed by atoms with Crippen LogP contribution in [0.1, 0.15) is 1.43 Å². The second kappa shape index (κ2) is 1.83. The Balaban J connectivity index is -0.0000000133. The normalized spacial score (nSPS) is 1.00. The molecule has 0 aliphatic heterocycles. The van der Waals surface area contributed by atoms with Crippen LogP contribution in [0.4, 0.5) is 0 Å². The molecule has 0 aromatic rings. The molecule has 0 unspecified atom stereocenters. The van der Waals surface area contributed by atoms with Crippen LogP contribution in [0.5, 0.6) is 0 Å². The van der Waals surface area contributed by atoms with Gasteiger partial charge in [-0.15, -0.1) is 0 Å². The molecule has 0 aliphatic rings. The van der Waals surface area contributed by atoms with Crippen molar-refractivity contribution in [2.75, 3.05) is 0 Å². The van der Waals surface area contributed by atoms with Crippen LogP contribution in [0.25, 0.3) is 0 Å². The van der Waals surface area contributed by atoms with Gasteiger partial charge in [-0.1, -0.05) is 0 Å². The maximum atomic E-state index is 6.25. The third kappa shape index (κ3) is 0.000377. The molecule has 0 N–H and O–H groups in total. The van der Waals surface area contributed by atoms with E-state index >= 15 is 0 Å². The summed E-state index contributed by atoms with van der Waals surface area (Å²) < 4.78 is 0. The van der Waals surface area contributed by atoms with E-state index in [1.807, 2.05) is 0 Å². The highest BCUT2D eigenvalue weighted by atomic mass is 14.2. The molecule has 2 heteroatoms. The molecule has 0 heterocycles. The molecule has 0 bridgehead atoms. The molecule has 0 radical (unpaired) electrons. The van der Waals surface area contributed by atoms with Crippen molar-refractivity contribution in [2.45, 2.75) is 0 Å². The summed E-state index contributed by atoms with van der Waals surface area (Å²) in [4.78, 5) is 0. The van der Waals surface area contributed by atoms with E-state index < -0.39 is 0 Å². The van der Waals surface area contributed by atoms with Gasteiger partial charge in [-0.05, 0) is 0 Å². The zero-order chi connectivity index (χ0) is 4.00. The second-order valence-corrected chi connectivity index (χ2v) is 0. The topological polar surface area (TPSA) is 47.6 Å². The molecule has 0 saturated carbocycles. The van der Waals surface area contributed by atoms with Crippen LogP contribution in [0, 0.1) is 23.7 Å². The molecule has 0 fully saturated rings. The third-order valence-electron chi connectivity index (χ3n) is 0. The first-order valence-electron chi connectivity index (χ1n) is 0.447. The summed E-state index contributed by atoms with van der Waals surface area (Å²) in [6.07, 6.45) is 0. The van der Waals surface area contributed by atoms with Crippen LogP contribution in [0.3, 0.4) is 0 Å². The van der Waals surface area contributed by atoms with E-state index in [-0.39, 0.29) is 1.43 Å². The second-order valence-electron chi connectivity index (χ2n) is 0. The average Bonchev–Trinajstić information content (AvgIpc) is 1.50. The summed E-state index contributed by atoms with van der Waals surface area (Å²) in [5, 5.41) is 12.5. The maximum absolute atomic E-state index is 6.25. The fourth-order valence-electron chi connectivity index (χ4n) is 0. The molecule has 0 rings (SSSR count). The predicted octanol–water partition coefficient (Wildman–Crippen LogP) is 0.305. The summed E-state index contributed by atoms with van der Waals surface area (Å²) >= 11 is 0. The molecule has 0 spiro atoms. The smallest absolute Gasteiger partial charge is 0.512 e. The van der Waals surface area contributed by atoms with Crippen LogP contribution in [0.2, 0.25) is 0 Å². The van der Waals surface area contributed by atoms with Gasteiger partial charge in [0.15, 0.2) is 0 Å². The monoisotopic (exact) mass is 53.0 g/mol. The zero-order valence-electron chi connectivity index (χ0n) is 2.89. The lowest BCUT2D eigenvalue weighted by atomic mass is 11.9. The number of hydrogen-bond donors (Lipinski definition) is 0. The fourth-order valence-corrected chi connectivity index (χ4v) is 0. The lowest BCUT2D eigenvalue weighted by Crippen LogP contribution is -0.530. The largest absolute Gasteiger partial charge is 1.00 e. The molecule has 0 aromatic heterocycles. The Morgan fingerprint density at radius 3 is 1.00 bits per heavy atom. The summed E-state index contributed by atoms with van der Waals surface area (Å²) in [7, 11) is 0. The van der Waals surface area contributed by atoms with Gasteiger partial charge in [-0.3, -0.25) is 0 Å². The number of nitrogens with zero attached hydrogens (tertiary/aromatic N) is 2. The average molecular weight is 53.0 g/mol. The maximum Gasteiger partial charge on any atom is 1.00 e. The van der Waals surface area contributed by atoms with Crippen molar-refractivity contribution in [1.82, 2.24) is 0 Å². The third-order valence-corrected chi connectivity index (χ3v) is 0. The van der Waals surface area contributed by atoms with E-state index in [1.54, 1.807) is 0 Å². The van der Waals surface area contributed by atoms with Crippen molar-refractivity contribution in [3.8, 4) is 0 Å². The Hall–Kier alpha value is -1.02. The van der Waals surface area contributed by atoms with Crippen LogP contribution >= 0.6 is 0 Å². The van der Waals surface area contributed by atoms with Crippen molar-refractivity contribution in [3.05, 3.63) is 13.1 Å². The zero-order valence-corrected chi connectivity index (χ0v) is 1.89. The van der Waals surface area contributed by atoms with Gasteiger partial charge in [-0.25, -0.2) is 0 Å². The lowest BCUT2D eigenvalue weighted by molar-refractivity contribution is 1.53. The van der Waals surface area contributed by atoms with Crippen molar-refractivity contribution in [3.63, 3.8) is 0 Å². The molecule has 4 heavy (non-hydrogen) atoms. The van der Waals surface area contributed by atoms with E-state index in [9.17, 15) is 0 Å². The Labute approximate surface area is 26.4 Å². The molecular formula is C2HN2-. The van der Waals surface area contributed by atoms with Crippen LogP contribution < -0.4 is 0 Å². The van der Waals surface area contributed by atoms with Gasteiger partial charge in [0.1, 0.15) is 0 Å². The van der Waals surface area contributed by atoms with Crippen LogP contribution in [-0.2, 0) is 0 Å². The van der Waals surface area contributed by atoms with Gasteiger partial charge in [0.05, 0.1) is 0 Å². The van der Waals surface area contributed by atoms with E-state index in [1.165, 1.54) is 0 Å². The summed E-state index contributed by atoms with van der Waals surface area (Å²) in [6, 6.07) is 0. The van der Waals surface area contributed by atoms with Crippen molar-refractivity contribution in [2.24, 2.45) is 0 Å². The van der Waals surface area contributed by atoms with Crippen LogP contribution in [0.15, 0.2) is 0 Å². The molecule has 0 atom stereocenters. The van der Waals surface area contributed by atoms with Gasteiger partial charge in [0.2, 0.25) is 0 Å². The molecule has 0 aliphatic carbocycles. The standard InChI is InChI=1S/2CN/c2*1-2/q2*-1/p+1. The molecule has 0 amide bonds. The predicted molar refractivity (Wildman–Crippen MR) is 11.0 cm³/mol. The van der Waals surface area contributed by atoms with Crippen molar-refractivity contribution < 1.29 is 1.43 Å². The highest BCUT2D eigenvalue weighted by molar-refractivity contribution is 3.44. The van der Waals surface area contributed by atoms with Gasteiger partial charge in [0.25, 0.3) is 0 Å². The Bertz CT molecular complexity index is 23.1.